The number of fused-ring (bicyclic) bond motifs is 1. The number of hydrogen-bond acceptors (Lipinski definition) is 4. The molecule has 0 aromatic carbocycles. The van der Waals surface area contributed by atoms with Crippen LogP contribution in [-0.2, 0) is 14.2 Å². The Morgan fingerprint density at radius 2 is 2.12 bits per heavy atom. The summed E-state index contributed by atoms with van der Waals surface area (Å²) < 4.78 is 16.2. The zero-order chi connectivity index (χ0) is 12.3. The molecule has 3 atom stereocenters. The summed E-state index contributed by atoms with van der Waals surface area (Å²) in [5.74, 6) is 0.712. The van der Waals surface area contributed by atoms with Gasteiger partial charge in [-0.05, 0) is 6.42 Å². The largest absolute Gasteiger partial charge is 0.382 e. The van der Waals surface area contributed by atoms with Crippen LogP contribution in [0.2, 0.25) is 0 Å². The fraction of sp³-hybridized carbons (Fsp3) is 1.00. The van der Waals surface area contributed by atoms with Crippen molar-refractivity contribution in [3.8, 4) is 0 Å². The standard InChI is InChI=1S/C13H25NO3/c1-13(2)11(10-4-6-17-12(10)13)14-5-7-16-9-8-15-3/h10-12,14H,4-9H2,1-3H3. The van der Waals surface area contributed by atoms with Gasteiger partial charge in [-0.3, -0.25) is 0 Å². The molecular weight excluding hydrogens is 218 g/mol. The van der Waals surface area contributed by atoms with Gasteiger partial charge in [0.05, 0.1) is 25.9 Å². The summed E-state index contributed by atoms with van der Waals surface area (Å²) in [6.45, 7) is 8.55. The van der Waals surface area contributed by atoms with Crippen molar-refractivity contribution < 1.29 is 14.2 Å². The van der Waals surface area contributed by atoms with Gasteiger partial charge in [-0.1, -0.05) is 13.8 Å². The molecule has 3 unspecified atom stereocenters. The number of methoxy groups -OCH3 is 1. The van der Waals surface area contributed by atoms with Gasteiger partial charge in [0.25, 0.3) is 0 Å². The maximum absolute atomic E-state index is 5.77. The average molecular weight is 243 g/mol. The molecule has 4 heteroatoms. The number of hydrogen-bond donors (Lipinski definition) is 1. The van der Waals surface area contributed by atoms with Crippen LogP contribution in [0.1, 0.15) is 20.3 Å². The summed E-state index contributed by atoms with van der Waals surface area (Å²) in [5, 5.41) is 3.61. The quantitative estimate of drug-likeness (QED) is 0.679. The number of nitrogens with one attached hydrogen (secondary N) is 1. The van der Waals surface area contributed by atoms with E-state index in [9.17, 15) is 0 Å². The van der Waals surface area contributed by atoms with E-state index in [1.807, 2.05) is 0 Å². The molecule has 0 amide bonds. The molecule has 0 radical (unpaired) electrons. The van der Waals surface area contributed by atoms with Crippen molar-refractivity contribution in [1.82, 2.24) is 5.32 Å². The molecule has 2 aliphatic rings. The van der Waals surface area contributed by atoms with Crippen molar-refractivity contribution in [2.75, 3.05) is 40.1 Å². The molecule has 1 heterocycles. The average Bonchev–Trinajstić information content (AvgIpc) is 2.74. The van der Waals surface area contributed by atoms with Gasteiger partial charge in [-0.25, -0.2) is 0 Å². The fourth-order valence-electron chi connectivity index (χ4n) is 3.27. The minimum atomic E-state index is 0.272. The van der Waals surface area contributed by atoms with Crippen LogP contribution in [0.15, 0.2) is 0 Å². The molecule has 1 aliphatic carbocycles. The zero-order valence-corrected chi connectivity index (χ0v) is 11.2. The highest BCUT2D eigenvalue weighted by Crippen LogP contribution is 2.51. The third kappa shape index (κ3) is 2.65. The van der Waals surface area contributed by atoms with E-state index in [1.165, 1.54) is 6.42 Å². The van der Waals surface area contributed by atoms with Gasteiger partial charge in [-0.2, -0.15) is 0 Å². The Morgan fingerprint density at radius 3 is 2.88 bits per heavy atom. The predicted molar refractivity (Wildman–Crippen MR) is 66.1 cm³/mol. The van der Waals surface area contributed by atoms with Crippen LogP contribution < -0.4 is 5.32 Å². The van der Waals surface area contributed by atoms with E-state index in [1.54, 1.807) is 7.11 Å². The third-order valence-electron chi connectivity index (χ3n) is 4.14. The van der Waals surface area contributed by atoms with Crippen LogP contribution in [0.25, 0.3) is 0 Å². The van der Waals surface area contributed by atoms with Gasteiger partial charge < -0.3 is 19.5 Å². The van der Waals surface area contributed by atoms with E-state index in [-0.39, 0.29) is 5.41 Å². The Balaban J connectivity index is 1.63. The van der Waals surface area contributed by atoms with E-state index in [2.05, 4.69) is 19.2 Å². The van der Waals surface area contributed by atoms with Crippen molar-refractivity contribution >= 4 is 0 Å². The monoisotopic (exact) mass is 243 g/mol. The summed E-state index contributed by atoms with van der Waals surface area (Å²) in [5.41, 5.74) is 0.272. The fourth-order valence-corrected chi connectivity index (χ4v) is 3.27. The summed E-state index contributed by atoms with van der Waals surface area (Å²) in [7, 11) is 1.69. The van der Waals surface area contributed by atoms with E-state index < -0.39 is 0 Å². The molecule has 17 heavy (non-hydrogen) atoms. The molecule has 1 saturated carbocycles. The van der Waals surface area contributed by atoms with Gasteiger partial charge in [0.2, 0.25) is 0 Å². The smallest absolute Gasteiger partial charge is 0.0700 e. The lowest BCUT2D eigenvalue weighted by Gasteiger charge is -2.55. The molecule has 0 aromatic heterocycles. The Bertz CT molecular complexity index is 245. The van der Waals surface area contributed by atoms with Gasteiger partial charge in [0.1, 0.15) is 0 Å². The lowest BCUT2D eigenvalue weighted by Crippen LogP contribution is -2.66. The van der Waals surface area contributed by atoms with Crippen LogP contribution in [-0.4, -0.2) is 52.2 Å². The molecule has 0 bridgehead atoms. The molecule has 0 spiro atoms. The Kier molecular flexibility index (Phi) is 4.42. The van der Waals surface area contributed by atoms with Crippen molar-refractivity contribution in [2.45, 2.75) is 32.4 Å². The summed E-state index contributed by atoms with van der Waals surface area (Å²) in [6, 6.07) is 0.584. The molecule has 1 saturated heterocycles. The molecule has 2 rings (SSSR count). The van der Waals surface area contributed by atoms with Gasteiger partial charge in [0.15, 0.2) is 0 Å². The SMILES string of the molecule is COCCOCCNC1C2CCOC2C1(C)C. The zero-order valence-electron chi connectivity index (χ0n) is 11.2. The first-order chi connectivity index (χ1) is 8.18. The Labute approximate surface area is 104 Å². The predicted octanol–water partition coefficient (Wildman–Crippen LogP) is 1.05. The highest BCUT2D eigenvalue weighted by Gasteiger charge is 2.58. The maximum atomic E-state index is 5.77. The molecule has 100 valence electrons. The summed E-state index contributed by atoms with van der Waals surface area (Å²) >= 11 is 0. The first kappa shape index (κ1) is 13.3. The van der Waals surface area contributed by atoms with E-state index in [0.29, 0.717) is 31.3 Å². The Morgan fingerprint density at radius 1 is 1.29 bits per heavy atom. The molecule has 2 fully saturated rings. The summed E-state index contributed by atoms with van der Waals surface area (Å²) in [6.07, 6.45) is 1.67. The second-order valence-corrected chi connectivity index (χ2v) is 5.60. The molecule has 1 N–H and O–H groups in total. The molecule has 1 aliphatic heterocycles. The van der Waals surface area contributed by atoms with Gasteiger partial charge in [0, 0.05) is 37.6 Å². The maximum Gasteiger partial charge on any atom is 0.0700 e. The second-order valence-electron chi connectivity index (χ2n) is 5.60. The minimum Gasteiger partial charge on any atom is -0.382 e. The molecule has 0 aromatic rings. The first-order valence-electron chi connectivity index (χ1n) is 6.59. The highest BCUT2D eigenvalue weighted by molar-refractivity contribution is 5.11. The topological polar surface area (TPSA) is 39.7 Å². The number of ether oxygens (including phenoxy) is 3. The van der Waals surface area contributed by atoms with Gasteiger partial charge in [-0.15, -0.1) is 0 Å². The Hall–Kier alpha value is -0.160. The molecule has 4 nitrogen and oxygen atoms in total. The van der Waals surface area contributed by atoms with Crippen molar-refractivity contribution in [2.24, 2.45) is 11.3 Å². The lowest BCUT2D eigenvalue weighted by atomic mass is 9.57. The lowest BCUT2D eigenvalue weighted by molar-refractivity contribution is -0.113. The normalized spacial score (nSPS) is 34.4. The van der Waals surface area contributed by atoms with Crippen molar-refractivity contribution in [3.63, 3.8) is 0 Å². The second kappa shape index (κ2) is 5.65. The van der Waals surface area contributed by atoms with Crippen molar-refractivity contribution in [1.29, 1.82) is 0 Å². The van der Waals surface area contributed by atoms with Crippen LogP contribution in [0.3, 0.4) is 0 Å². The first-order valence-corrected chi connectivity index (χ1v) is 6.59. The van der Waals surface area contributed by atoms with Crippen molar-refractivity contribution in [3.05, 3.63) is 0 Å². The van der Waals surface area contributed by atoms with E-state index in [0.717, 1.165) is 19.8 Å². The molecular formula is C13H25NO3. The van der Waals surface area contributed by atoms with E-state index in [4.69, 9.17) is 14.2 Å². The van der Waals surface area contributed by atoms with Crippen LogP contribution in [0.4, 0.5) is 0 Å². The summed E-state index contributed by atoms with van der Waals surface area (Å²) in [4.78, 5) is 0. The number of rotatable bonds is 7. The van der Waals surface area contributed by atoms with E-state index >= 15 is 0 Å². The highest BCUT2D eigenvalue weighted by atomic mass is 16.5. The van der Waals surface area contributed by atoms with Crippen LogP contribution in [0, 0.1) is 11.3 Å². The minimum absolute atomic E-state index is 0.272. The third-order valence-corrected chi connectivity index (χ3v) is 4.14. The van der Waals surface area contributed by atoms with Gasteiger partial charge >= 0.3 is 0 Å². The van der Waals surface area contributed by atoms with Crippen LogP contribution in [0.5, 0.6) is 0 Å². The van der Waals surface area contributed by atoms with Crippen LogP contribution >= 0.6 is 0 Å².